The minimum Gasteiger partial charge on any atom is -0.225 e. The number of hydrogen-bond donors (Lipinski definition) is 0. The van der Waals surface area contributed by atoms with Gasteiger partial charge in [-0.25, -0.2) is 4.57 Å². The lowest BCUT2D eigenvalue weighted by molar-refractivity contribution is -0.807. The number of nitrogens with zero attached hydrogens (tertiary/aromatic N) is 2. The molecule has 90 valence electrons. The van der Waals surface area contributed by atoms with Crippen LogP contribution in [-0.2, 0) is 12.0 Å². The maximum absolute atomic E-state index is 8.40. The van der Waals surface area contributed by atoms with Crippen LogP contribution in [0.4, 0.5) is 0 Å². The van der Waals surface area contributed by atoms with Gasteiger partial charge in [0.05, 0.1) is 7.79 Å². The van der Waals surface area contributed by atoms with Gasteiger partial charge in [-0.15, -0.1) is 0 Å². The van der Waals surface area contributed by atoms with Crippen molar-refractivity contribution in [2.75, 3.05) is 0 Å². The van der Waals surface area contributed by atoms with Gasteiger partial charge in [0.25, 0.3) is 5.82 Å². The first-order valence-corrected chi connectivity index (χ1v) is 6.30. The van der Waals surface area contributed by atoms with E-state index in [2.05, 4.69) is 50.5 Å². The van der Waals surface area contributed by atoms with Gasteiger partial charge in [0.1, 0.15) is 16.9 Å². The summed E-state index contributed by atoms with van der Waals surface area (Å²) in [7, 11) is 0. The van der Waals surface area contributed by atoms with E-state index in [-0.39, 0.29) is 5.54 Å². The first-order valence-electron chi connectivity index (χ1n) is 6.80. The molecule has 0 saturated heterocycles. The number of imidazole rings is 1. The zero-order chi connectivity index (χ0) is 13.4. The molecule has 2 heteroatoms. The molecule has 0 unspecified atom stereocenters. The summed E-state index contributed by atoms with van der Waals surface area (Å²) in [6, 6.07) is 0.688. The largest absolute Gasteiger partial charge is 0.267 e. The predicted octanol–water partition coefficient (Wildman–Crippen LogP) is 2.75. The predicted molar refractivity (Wildman–Crippen MR) is 69.6 cm³/mol. The summed E-state index contributed by atoms with van der Waals surface area (Å²) in [4.78, 5) is 0. The van der Waals surface area contributed by atoms with Gasteiger partial charge in [-0.1, -0.05) is 0 Å². The summed E-state index contributed by atoms with van der Waals surface area (Å²) in [6.45, 7) is 13.0. The smallest absolute Gasteiger partial charge is 0.225 e. The average Bonchev–Trinajstić information content (AvgIpc) is 2.52. The number of hydrogen-bond acceptors (Lipinski definition) is 0. The summed E-state index contributed by atoms with van der Waals surface area (Å²) in [5, 5.41) is 0. The molecule has 1 aliphatic heterocycles. The van der Waals surface area contributed by atoms with Crippen LogP contribution in [0.2, 0.25) is 0 Å². The van der Waals surface area contributed by atoms with Crippen molar-refractivity contribution in [3.8, 4) is 0 Å². The Kier molecular flexibility index (Phi) is 1.67. The second-order valence-corrected chi connectivity index (χ2v) is 5.97. The third-order valence-corrected chi connectivity index (χ3v) is 4.36. The van der Waals surface area contributed by atoms with Gasteiger partial charge in [-0.2, -0.15) is 4.40 Å². The van der Waals surface area contributed by atoms with Crippen LogP contribution in [0.3, 0.4) is 0 Å². The van der Waals surface area contributed by atoms with Crippen LogP contribution in [0.5, 0.6) is 0 Å². The first kappa shape index (κ1) is 9.69. The van der Waals surface area contributed by atoms with Gasteiger partial charge < -0.3 is 0 Å². The van der Waals surface area contributed by atoms with Crippen molar-refractivity contribution in [3.05, 3.63) is 34.4 Å². The molecule has 3 heterocycles. The molecule has 0 aromatic carbocycles. The summed E-state index contributed by atoms with van der Waals surface area (Å²) < 4.78 is 13.1. The van der Waals surface area contributed by atoms with Gasteiger partial charge in [0.2, 0.25) is 0 Å². The molecule has 0 N–H and O–H groups in total. The highest BCUT2D eigenvalue weighted by molar-refractivity contribution is 5.56. The number of rotatable bonds is 0. The van der Waals surface area contributed by atoms with Crippen molar-refractivity contribution in [2.45, 2.75) is 53.5 Å². The van der Waals surface area contributed by atoms with Crippen LogP contribution in [0.25, 0.3) is 5.52 Å². The molecule has 2 nitrogen and oxygen atoms in total. The number of aryl methyl sites for hydroxylation is 2. The van der Waals surface area contributed by atoms with Crippen LogP contribution >= 0.6 is 0 Å². The molecule has 0 spiro atoms. The van der Waals surface area contributed by atoms with E-state index in [1.165, 1.54) is 22.8 Å². The van der Waals surface area contributed by atoms with Crippen LogP contribution in [0.1, 0.15) is 43.6 Å². The Labute approximate surface area is 104 Å². The fourth-order valence-corrected chi connectivity index (χ4v) is 3.24. The zero-order valence-electron chi connectivity index (χ0n) is 12.6. The molecule has 1 aliphatic rings. The topological polar surface area (TPSA) is 8.29 Å². The van der Waals surface area contributed by atoms with E-state index >= 15 is 0 Å². The van der Waals surface area contributed by atoms with Crippen LogP contribution < -0.4 is 4.57 Å². The lowest BCUT2D eigenvalue weighted by Crippen LogP contribution is -2.66. The third kappa shape index (κ3) is 1.13. The zero-order valence-corrected chi connectivity index (χ0v) is 11.6. The van der Waals surface area contributed by atoms with E-state index in [1.54, 1.807) is 0 Å². The molecule has 17 heavy (non-hydrogen) atoms. The van der Waals surface area contributed by atoms with Gasteiger partial charge in [-0.05, 0) is 51.8 Å². The van der Waals surface area contributed by atoms with E-state index in [1.807, 2.05) is 0 Å². The van der Waals surface area contributed by atoms with E-state index in [0.717, 1.165) is 17.5 Å². The van der Waals surface area contributed by atoms with Crippen molar-refractivity contribution in [3.63, 3.8) is 0 Å². The maximum atomic E-state index is 8.40. The standard InChI is InChI=1S/C15H21N2/c1-9-7-13-12(4)17-14(8-15(17,5)6)16(13)11(3)10(9)2/h7H,8H2,1-6H3/q+1/i7T. The Hall–Kier alpha value is -1.31. The molecular weight excluding hydrogens is 208 g/mol. The molecule has 2 aromatic heterocycles. The van der Waals surface area contributed by atoms with Crippen molar-refractivity contribution >= 4 is 5.52 Å². The molecule has 0 radical (unpaired) electrons. The summed E-state index contributed by atoms with van der Waals surface area (Å²) in [6.07, 6.45) is 1.09. The summed E-state index contributed by atoms with van der Waals surface area (Å²) >= 11 is 0. The fourth-order valence-electron chi connectivity index (χ4n) is 3.24. The molecular formula is C15H21N2+. The van der Waals surface area contributed by atoms with Gasteiger partial charge >= 0.3 is 0 Å². The van der Waals surface area contributed by atoms with Crippen LogP contribution in [-0.4, -0.2) is 4.40 Å². The highest BCUT2D eigenvalue weighted by Gasteiger charge is 2.46. The highest BCUT2D eigenvalue weighted by atomic mass is 15.2. The number of fused-ring (bicyclic) bond motifs is 3. The second-order valence-electron chi connectivity index (χ2n) is 5.97. The Balaban J connectivity index is 2.56. The molecule has 0 saturated carbocycles. The first-order chi connectivity index (χ1) is 8.27. The summed E-state index contributed by atoms with van der Waals surface area (Å²) in [5.74, 6) is 1.35. The third-order valence-electron chi connectivity index (χ3n) is 4.36. The minimum atomic E-state index is 0.201. The second kappa shape index (κ2) is 2.92. The Morgan fingerprint density at radius 1 is 1.29 bits per heavy atom. The summed E-state index contributed by atoms with van der Waals surface area (Å²) in [5.41, 5.74) is 6.17. The van der Waals surface area contributed by atoms with Crippen LogP contribution in [0, 0.1) is 27.7 Å². The van der Waals surface area contributed by atoms with Crippen LogP contribution in [0.15, 0.2) is 6.04 Å². The van der Waals surface area contributed by atoms with E-state index < -0.39 is 0 Å². The Bertz CT molecular complexity index is 648. The maximum Gasteiger partial charge on any atom is 0.267 e. The fraction of sp³-hybridized carbons (Fsp3) is 0.533. The quantitative estimate of drug-likeness (QED) is 0.616. The molecule has 0 atom stereocenters. The molecule has 0 bridgehead atoms. The monoisotopic (exact) mass is 231 g/mol. The molecule has 3 rings (SSSR count). The molecule has 2 aromatic rings. The number of pyridine rings is 1. The van der Waals surface area contributed by atoms with E-state index in [0.29, 0.717) is 6.04 Å². The Morgan fingerprint density at radius 2 is 1.94 bits per heavy atom. The van der Waals surface area contributed by atoms with E-state index in [4.69, 9.17) is 1.37 Å². The van der Waals surface area contributed by atoms with E-state index in [9.17, 15) is 0 Å². The van der Waals surface area contributed by atoms with Gasteiger partial charge in [0.15, 0.2) is 5.52 Å². The minimum absolute atomic E-state index is 0.201. The Morgan fingerprint density at radius 3 is 2.53 bits per heavy atom. The molecule has 0 aliphatic carbocycles. The van der Waals surface area contributed by atoms with Crippen molar-refractivity contribution in [1.29, 1.82) is 0 Å². The van der Waals surface area contributed by atoms with Crippen molar-refractivity contribution < 1.29 is 5.94 Å². The lowest BCUT2D eigenvalue weighted by atomic mass is 9.92. The SMILES string of the molecule is [3H]c1c(C)c(C)c(C)n2c3[n+](c(C)c12)C(C)(C)C3. The number of aromatic nitrogens is 2. The molecule has 0 amide bonds. The van der Waals surface area contributed by atoms with Gasteiger partial charge in [-0.3, -0.25) is 0 Å². The van der Waals surface area contributed by atoms with Crippen molar-refractivity contribution in [2.24, 2.45) is 0 Å². The molecule has 0 fully saturated rings. The van der Waals surface area contributed by atoms with Crippen molar-refractivity contribution in [1.82, 2.24) is 4.40 Å². The highest BCUT2D eigenvalue weighted by Crippen LogP contribution is 2.30. The lowest BCUT2D eigenvalue weighted by Gasteiger charge is -2.31. The normalized spacial score (nSPS) is 17.9. The average molecular weight is 231 g/mol. The van der Waals surface area contributed by atoms with Gasteiger partial charge in [0, 0.05) is 6.92 Å².